The third-order valence-electron chi connectivity index (χ3n) is 4.28. The molecule has 0 fully saturated rings. The molecule has 0 aliphatic carbocycles. The van der Waals surface area contributed by atoms with Crippen LogP contribution in [-0.2, 0) is 11.3 Å². The minimum Gasteiger partial charge on any atom is -0.481 e. The standard InChI is InChI=1S/C23H20Cl2N2O3/c1-15(22(28)27-21-13-18(24)9-12-20(21)25)30-19-10-7-17(8-11-19)23(29)26-14-16-5-3-2-4-6-16/h2-13,15H,14H2,1H3,(H,26,29)(H,27,28)/t15-/m1/s1. The van der Waals surface area contributed by atoms with E-state index in [1.165, 1.54) is 0 Å². The maximum Gasteiger partial charge on any atom is 0.265 e. The molecule has 0 bridgehead atoms. The highest BCUT2D eigenvalue weighted by Crippen LogP contribution is 2.25. The van der Waals surface area contributed by atoms with E-state index in [1.54, 1.807) is 49.4 Å². The molecular weight excluding hydrogens is 423 g/mol. The molecule has 0 aromatic heterocycles. The zero-order valence-corrected chi connectivity index (χ0v) is 17.7. The lowest BCUT2D eigenvalue weighted by atomic mass is 10.2. The van der Waals surface area contributed by atoms with Crippen molar-refractivity contribution in [2.45, 2.75) is 19.6 Å². The van der Waals surface area contributed by atoms with Gasteiger partial charge in [-0.1, -0.05) is 53.5 Å². The van der Waals surface area contributed by atoms with Gasteiger partial charge >= 0.3 is 0 Å². The summed E-state index contributed by atoms with van der Waals surface area (Å²) in [5.74, 6) is -0.0925. The fraction of sp³-hybridized carbons (Fsp3) is 0.130. The molecule has 0 spiro atoms. The van der Waals surface area contributed by atoms with Gasteiger partial charge in [0.1, 0.15) is 5.75 Å². The predicted octanol–water partition coefficient (Wildman–Crippen LogP) is 5.33. The van der Waals surface area contributed by atoms with E-state index >= 15 is 0 Å². The molecule has 2 N–H and O–H groups in total. The van der Waals surface area contributed by atoms with Crippen molar-refractivity contribution in [2.24, 2.45) is 0 Å². The van der Waals surface area contributed by atoms with Crippen LogP contribution < -0.4 is 15.4 Å². The van der Waals surface area contributed by atoms with E-state index in [-0.39, 0.29) is 11.8 Å². The Hall–Kier alpha value is -3.02. The van der Waals surface area contributed by atoms with Crippen molar-refractivity contribution >= 4 is 40.7 Å². The van der Waals surface area contributed by atoms with E-state index in [1.807, 2.05) is 30.3 Å². The first-order valence-electron chi connectivity index (χ1n) is 9.27. The Morgan fingerprint density at radius 1 is 0.967 bits per heavy atom. The fourth-order valence-corrected chi connectivity index (χ4v) is 2.99. The van der Waals surface area contributed by atoms with Crippen molar-refractivity contribution in [1.29, 1.82) is 0 Å². The number of rotatable bonds is 7. The van der Waals surface area contributed by atoms with Crippen LogP contribution in [-0.4, -0.2) is 17.9 Å². The second kappa shape index (κ2) is 10.1. The largest absolute Gasteiger partial charge is 0.481 e. The van der Waals surface area contributed by atoms with Crippen LogP contribution in [0.25, 0.3) is 0 Å². The monoisotopic (exact) mass is 442 g/mol. The Labute approximate surface area is 185 Å². The minimum atomic E-state index is -0.780. The van der Waals surface area contributed by atoms with Gasteiger partial charge in [-0.15, -0.1) is 0 Å². The molecule has 154 valence electrons. The summed E-state index contributed by atoms with van der Waals surface area (Å²) < 4.78 is 5.66. The molecule has 0 radical (unpaired) electrons. The molecule has 0 saturated carbocycles. The van der Waals surface area contributed by atoms with Crippen LogP contribution in [0, 0.1) is 0 Å². The Kier molecular flexibility index (Phi) is 7.33. The van der Waals surface area contributed by atoms with E-state index in [2.05, 4.69) is 10.6 Å². The van der Waals surface area contributed by atoms with Crippen LogP contribution in [0.1, 0.15) is 22.8 Å². The van der Waals surface area contributed by atoms with Crippen molar-refractivity contribution in [1.82, 2.24) is 5.32 Å². The number of hydrogen-bond donors (Lipinski definition) is 2. The molecular formula is C23H20Cl2N2O3. The molecule has 0 aliphatic rings. The molecule has 5 nitrogen and oxygen atoms in total. The molecule has 0 unspecified atom stereocenters. The minimum absolute atomic E-state index is 0.188. The second-order valence-electron chi connectivity index (χ2n) is 6.57. The van der Waals surface area contributed by atoms with E-state index in [0.29, 0.717) is 33.6 Å². The van der Waals surface area contributed by atoms with Gasteiger partial charge in [0.05, 0.1) is 10.7 Å². The SMILES string of the molecule is C[C@@H](Oc1ccc(C(=O)NCc2ccccc2)cc1)C(=O)Nc1cc(Cl)ccc1Cl. The molecule has 0 aliphatic heterocycles. The van der Waals surface area contributed by atoms with Gasteiger partial charge in [0.25, 0.3) is 11.8 Å². The number of halogens is 2. The Morgan fingerprint density at radius 3 is 2.37 bits per heavy atom. The Balaban J connectivity index is 1.54. The lowest BCUT2D eigenvalue weighted by molar-refractivity contribution is -0.122. The van der Waals surface area contributed by atoms with Gasteiger partial charge in [-0.05, 0) is 55.0 Å². The van der Waals surface area contributed by atoms with Crippen molar-refractivity contribution in [3.63, 3.8) is 0 Å². The number of anilines is 1. The average Bonchev–Trinajstić information content (AvgIpc) is 2.75. The summed E-state index contributed by atoms with van der Waals surface area (Å²) >= 11 is 12.0. The van der Waals surface area contributed by atoms with Crippen molar-refractivity contribution in [2.75, 3.05) is 5.32 Å². The van der Waals surface area contributed by atoms with Crippen molar-refractivity contribution in [3.05, 3.63) is 94.0 Å². The number of carbonyl (C=O) groups excluding carboxylic acids is 2. The quantitative estimate of drug-likeness (QED) is 0.519. The maximum absolute atomic E-state index is 12.4. The van der Waals surface area contributed by atoms with Gasteiger partial charge in [-0.25, -0.2) is 0 Å². The summed E-state index contributed by atoms with van der Waals surface area (Å²) in [4.78, 5) is 24.7. The number of hydrogen-bond acceptors (Lipinski definition) is 3. The summed E-state index contributed by atoms with van der Waals surface area (Å²) in [7, 11) is 0. The molecule has 3 rings (SSSR count). The molecule has 0 saturated heterocycles. The number of benzene rings is 3. The first kappa shape index (κ1) is 21.7. The van der Waals surface area contributed by atoms with Crippen LogP contribution >= 0.6 is 23.2 Å². The number of carbonyl (C=O) groups is 2. The number of ether oxygens (including phenoxy) is 1. The lowest BCUT2D eigenvalue weighted by Crippen LogP contribution is -2.30. The highest BCUT2D eigenvalue weighted by molar-refractivity contribution is 6.35. The summed E-state index contributed by atoms with van der Waals surface area (Å²) in [6.45, 7) is 2.06. The molecule has 2 amide bonds. The molecule has 0 heterocycles. The summed E-state index contributed by atoms with van der Waals surface area (Å²) in [5, 5.41) is 6.39. The number of amides is 2. The first-order chi connectivity index (χ1) is 14.4. The maximum atomic E-state index is 12.4. The summed E-state index contributed by atoms with van der Waals surface area (Å²) in [6.07, 6.45) is -0.780. The van der Waals surface area contributed by atoms with Crippen LogP contribution in [0.4, 0.5) is 5.69 Å². The predicted molar refractivity (Wildman–Crippen MR) is 119 cm³/mol. The van der Waals surface area contributed by atoms with Crippen LogP contribution in [0.5, 0.6) is 5.75 Å². The van der Waals surface area contributed by atoms with E-state index in [0.717, 1.165) is 5.56 Å². The van der Waals surface area contributed by atoms with Gasteiger partial charge in [0.2, 0.25) is 0 Å². The third kappa shape index (κ3) is 5.99. The van der Waals surface area contributed by atoms with Crippen molar-refractivity contribution < 1.29 is 14.3 Å². The smallest absolute Gasteiger partial charge is 0.265 e. The van der Waals surface area contributed by atoms with Gasteiger partial charge in [0, 0.05) is 17.1 Å². The zero-order valence-electron chi connectivity index (χ0n) is 16.2. The van der Waals surface area contributed by atoms with Gasteiger partial charge < -0.3 is 15.4 Å². The van der Waals surface area contributed by atoms with E-state index in [4.69, 9.17) is 27.9 Å². The van der Waals surface area contributed by atoms with Gasteiger partial charge in [0.15, 0.2) is 6.10 Å². The van der Waals surface area contributed by atoms with Gasteiger partial charge in [-0.3, -0.25) is 9.59 Å². The van der Waals surface area contributed by atoms with Crippen LogP contribution in [0.3, 0.4) is 0 Å². The summed E-state index contributed by atoms with van der Waals surface area (Å²) in [5.41, 5.74) is 1.93. The normalized spacial score (nSPS) is 11.4. The van der Waals surface area contributed by atoms with Crippen LogP contribution in [0.15, 0.2) is 72.8 Å². The summed E-state index contributed by atoms with van der Waals surface area (Å²) in [6, 6.07) is 21.1. The molecule has 3 aromatic carbocycles. The van der Waals surface area contributed by atoms with Gasteiger partial charge in [-0.2, -0.15) is 0 Å². The second-order valence-corrected chi connectivity index (χ2v) is 7.41. The zero-order chi connectivity index (χ0) is 21.5. The third-order valence-corrected chi connectivity index (χ3v) is 4.85. The van der Waals surface area contributed by atoms with Crippen molar-refractivity contribution in [3.8, 4) is 5.75 Å². The first-order valence-corrected chi connectivity index (χ1v) is 10.0. The highest BCUT2D eigenvalue weighted by Gasteiger charge is 2.17. The highest BCUT2D eigenvalue weighted by atomic mass is 35.5. The molecule has 1 atom stereocenters. The lowest BCUT2D eigenvalue weighted by Gasteiger charge is -2.16. The topological polar surface area (TPSA) is 67.4 Å². The molecule has 30 heavy (non-hydrogen) atoms. The fourth-order valence-electron chi connectivity index (χ4n) is 2.65. The Bertz CT molecular complexity index is 1020. The Morgan fingerprint density at radius 2 is 1.67 bits per heavy atom. The number of nitrogens with one attached hydrogen (secondary N) is 2. The molecule has 7 heteroatoms. The van der Waals surface area contributed by atoms with E-state index in [9.17, 15) is 9.59 Å². The molecule has 3 aromatic rings. The van der Waals surface area contributed by atoms with Crippen LogP contribution in [0.2, 0.25) is 10.0 Å². The van der Waals surface area contributed by atoms with E-state index < -0.39 is 6.10 Å². The average molecular weight is 443 g/mol.